The lowest BCUT2D eigenvalue weighted by Crippen LogP contribution is -2.31. The first-order chi connectivity index (χ1) is 13.4. The lowest BCUT2D eigenvalue weighted by Gasteiger charge is -2.15. The smallest absolute Gasteiger partial charge is 0.268 e. The minimum absolute atomic E-state index is 0.118. The van der Waals surface area contributed by atoms with Crippen molar-refractivity contribution in [3.05, 3.63) is 64.3 Å². The first-order valence-electron chi connectivity index (χ1n) is 8.85. The summed E-state index contributed by atoms with van der Waals surface area (Å²) in [7, 11) is 0. The third-order valence-corrected chi connectivity index (χ3v) is 5.48. The standard InChI is InChI=1S/C21H18FNO4S/c1-12(2)28-19-18(14-4-6-15(22)7-5-14)20(24)23(21(19)25)10-13-3-8-16-17(9-13)27-11-26-16/h3-9,12H,10-11H2,1-2H3. The van der Waals surface area contributed by atoms with Crippen LogP contribution in [0.25, 0.3) is 5.57 Å². The molecule has 0 atom stereocenters. The predicted octanol–water partition coefficient (Wildman–Crippen LogP) is 3.98. The van der Waals surface area contributed by atoms with Crippen molar-refractivity contribution in [2.45, 2.75) is 25.6 Å². The number of imide groups is 1. The second-order valence-corrected chi connectivity index (χ2v) is 8.35. The van der Waals surface area contributed by atoms with Gasteiger partial charge in [0.25, 0.3) is 11.8 Å². The van der Waals surface area contributed by atoms with Crippen molar-refractivity contribution in [1.29, 1.82) is 0 Å². The number of benzene rings is 2. The molecule has 0 unspecified atom stereocenters. The number of halogens is 1. The molecule has 0 saturated carbocycles. The SMILES string of the molecule is CC(C)SC1=C(c2ccc(F)cc2)C(=O)N(Cc2ccc3c(c2)OCO3)C1=O. The Labute approximate surface area is 166 Å². The molecular weight excluding hydrogens is 381 g/mol. The summed E-state index contributed by atoms with van der Waals surface area (Å²) in [4.78, 5) is 27.8. The maximum absolute atomic E-state index is 13.3. The van der Waals surface area contributed by atoms with Crippen LogP contribution in [0.2, 0.25) is 0 Å². The summed E-state index contributed by atoms with van der Waals surface area (Å²) >= 11 is 1.34. The van der Waals surface area contributed by atoms with Gasteiger partial charge < -0.3 is 9.47 Å². The molecule has 5 nitrogen and oxygen atoms in total. The third-order valence-electron chi connectivity index (χ3n) is 4.39. The molecule has 0 fully saturated rings. The maximum Gasteiger partial charge on any atom is 0.268 e. The molecule has 2 aliphatic heterocycles. The Kier molecular flexibility index (Phi) is 4.85. The second kappa shape index (κ2) is 7.31. The van der Waals surface area contributed by atoms with Gasteiger partial charge in [0, 0.05) is 5.25 Å². The lowest BCUT2D eigenvalue weighted by atomic mass is 10.1. The van der Waals surface area contributed by atoms with Gasteiger partial charge in [0.2, 0.25) is 6.79 Å². The fraction of sp³-hybridized carbons (Fsp3) is 0.238. The monoisotopic (exact) mass is 399 g/mol. The molecule has 7 heteroatoms. The molecule has 2 aromatic rings. The van der Waals surface area contributed by atoms with E-state index in [-0.39, 0.29) is 30.4 Å². The summed E-state index contributed by atoms with van der Waals surface area (Å²) in [5.74, 6) is 0.138. The van der Waals surface area contributed by atoms with Gasteiger partial charge in [0.05, 0.1) is 17.0 Å². The highest BCUT2D eigenvalue weighted by Crippen LogP contribution is 2.39. The Morgan fingerprint density at radius 2 is 1.75 bits per heavy atom. The summed E-state index contributed by atoms with van der Waals surface area (Å²) < 4.78 is 24.0. The lowest BCUT2D eigenvalue weighted by molar-refractivity contribution is -0.137. The number of ether oxygens (including phenoxy) is 2. The van der Waals surface area contributed by atoms with Gasteiger partial charge >= 0.3 is 0 Å². The number of rotatable bonds is 5. The second-order valence-electron chi connectivity index (χ2n) is 6.76. The number of hydrogen-bond acceptors (Lipinski definition) is 5. The molecule has 0 radical (unpaired) electrons. The van der Waals surface area contributed by atoms with Gasteiger partial charge in [-0.1, -0.05) is 32.0 Å². The van der Waals surface area contributed by atoms with Crippen LogP contribution in [0.15, 0.2) is 47.4 Å². The van der Waals surface area contributed by atoms with Crippen LogP contribution in [0, 0.1) is 5.82 Å². The summed E-state index contributed by atoms with van der Waals surface area (Å²) in [5, 5.41) is 0.118. The van der Waals surface area contributed by atoms with E-state index < -0.39 is 5.82 Å². The van der Waals surface area contributed by atoms with Gasteiger partial charge in [-0.3, -0.25) is 14.5 Å². The number of amides is 2. The summed E-state index contributed by atoms with van der Waals surface area (Å²) in [6.07, 6.45) is 0. The van der Waals surface area contributed by atoms with Crippen LogP contribution < -0.4 is 9.47 Å². The summed E-state index contributed by atoms with van der Waals surface area (Å²) in [5.41, 5.74) is 1.63. The van der Waals surface area contributed by atoms with Crippen LogP contribution in [0.4, 0.5) is 4.39 Å². The van der Waals surface area contributed by atoms with Crippen LogP contribution in [-0.4, -0.2) is 28.8 Å². The van der Waals surface area contributed by atoms with Gasteiger partial charge in [-0.15, -0.1) is 11.8 Å². The molecule has 0 spiro atoms. The highest BCUT2D eigenvalue weighted by atomic mass is 32.2. The molecule has 2 amide bonds. The van der Waals surface area contributed by atoms with Crippen molar-refractivity contribution in [2.75, 3.05) is 6.79 Å². The Balaban J connectivity index is 1.67. The van der Waals surface area contributed by atoms with Gasteiger partial charge in [0.15, 0.2) is 11.5 Å². The van der Waals surface area contributed by atoms with E-state index in [1.165, 1.54) is 40.9 Å². The molecule has 2 aromatic carbocycles. The average Bonchev–Trinajstić information content (AvgIpc) is 3.21. The Hall–Kier alpha value is -2.80. The zero-order valence-electron chi connectivity index (χ0n) is 15.4. The fourth-order valence-electron chi connectivity index (χ4n) is 3.14. The zero-order valence-corrected chi connectivity index (χ0v) is 16.2. The molecule has 0 bridgehead atoms. The summed E-state index contributed by atoms with van der Waals surface area (Å²) in [6, 6.07) is 11.0. The molecule has 0 saturated heterocycles. The first kappa shape index (κ1) is 18.6. The minimum atomic E-state index is -0.392. The van der Waals surface area contributed by atoms with Crippen LogP contribution in [0.5, 0.6) is 11.5 Å². The largest absolute Gasteiger partial charge is 0.454 e. The van der Waals surface area contributed by atoms with E-state index >= 15 is 0 Å². The quantitative estimate of drug-likeness (QED) is 0.712. The molecule has 28 heavy (non-hydrogen) atoms. The number of thioether (sulfide) groups is 1. The fourth-order valence-corrected chi connectivity index (χ4v) is 4.14. The van der Waals surface area contributed by atoms with E-state index in [9.17, 15) is 14.0 Å². The molecule has 0 N–H and O–H groups in total. The third kappa shape index (κ3) is 3.38. The average molecular weight is 399 g/mol. The number of hydrogen-bond donors (Lipinski definition) is 0. The van der Waals surface area contributed by atoms with Crippen LogP contribution in [0.3, 0.4) is 0 Å². The highest BCUT2D eigenvalue weighted by Gasteiger charge is 2.39. The molecule has 144 valence electrons. The van der Waals surface area contributed by atoms with Crippen molar-refractivity contribution >= 4 is 29.1 Å². The number of carbonyl (C=O) groups excluding carboxylic acids is 2. The van der Waals surface area contributed by atoms with Crippen molar-refractivity contribution in [1.82, 2.24) is 4.90 Å². The predicted molar refractivity (Wildman–Crippen MR) is 104 cm³/mol. The number of carbonyl (C=O) groups is 2. The molecule has 2 heterocycles. The molecule has 0 aliphatic carbocycles. The van der Waals surface area contributed by atoms with Crippen LogP contribution in [0.1, 0.15) is 25.0 Å². The molecule has 2 aliphatic rings. The van der Waals surface area contributed by atoms with E-state index in [0.29, 0.717) is 27.5 Å². The van der Waals surface area contributed by atoms with Crippen molar-refractivity contribution in [2.24, 2.45) is 0 Å². The Bertz CT molecular complexity index is 984. The van der Waals surface area contributed by atoms with Gasteiger partial charge in [-0.2, -0.15) is 0 Å². The minimum Gasteiger partial charge on any atom is -0.454 e. The van der Waals surface area contributed by atoms with Gasteiger partial charge in [-0.25, -0.2) is 4.39 Å². The van der Waals surface area contributed by atoms with Gasteiger partial charge in [-0.05, 0) is 35.4 Å². The Morgan fingerprint density at radius 3 is 2.46 bits per heavy atom. The normalized spacial score (nSPS) is 15.9. The molecule has 0 aromatic heterocycles. The maximum atomic E-state index is 13.3. The van der Waals surface area contributed by atoms with Crippen molar-refractivity contribution < 1.29 is 23.5 Å². The molecule has 4 rings (SSSR count). The summed E-state index contributed by atoms with van der Waals surface area (Å²) in [6.45, 7) is 4.20. The number of fused-ring (bicyclic) bond motifs is 1. The van der Waals surface area contributed by atoms with E-state index in [0.717, 1.165) is 5.56 Å². The van der Waals surface area contributed by atoms with E-state index in [2.05, 4.69) is 0 Å². The number of nitrogens with zero attached hydrogens (tertiary/aromatic N) is 1. The topological polar surface area (TPSA) is 55.8 Å². The van der Waals surface area contributed by atoms with Crippen LogP contribution in [-0.2, 0) is 16.1 Å². The zero-order chi connectivity index (χ0) is 19.8. The van der Waals surface area contributed by atoms with Crippen LogP contribution >= 0.6 is 11.8 Å². The van der Waals surface area contributed by atoms with Crippen molar-refractivity contribution in [3.63, 3.8) is 0 Å². The first-order valence-corrected chi connectivity index (χ1v) is 9.73. The van der Waals surface area contributed by atoms with Crippen molar-refractivity contribution in [3.8, 4) is 11.5 Å². The van der Waals surface area contributed by atoms with E-state index in [4.69, 9.17) is 9.47 Å². The Morgan fingerprint density at radius 1 is 1.04 bits per heavy atom. The van der Waals surface area contributed by atoms with E-state index in [1.54, 1.807) is 18.2 Å². The van der Waals surface area contributed by atoms with E-state index in [1.807, 2.05) is 13.8 Å². The molecular formula is C21H18FNO4S. The van der Waals surface area contributed by atoms with Gasteiger partial charge in [0.1, 0.15) is 5.82 Å². The highest BCUT2D eigenvalue weighted by molar-refractivity contribution is 8.04.